The van der Waals surface area contributed by atoms with Crippen LogP contribution < -0.4 is 0 Å². The number of hydrogen-bond acceptors (Lipinski definition) is 6. The van der Waals surface area contributed by atoms with E-state index in [1.165, 1.54) is 12.1 Å². The highest BCUT2D eigenvalue weighted by Gasteiger charge is 2.38. The second kappa shape index (κ2) is 7.28. The van der Waals surface area contributed by atoms with E-state index in [2.05, 4.69) is 0 Å². The molecule has 2 aromatic rings. The summed E-state index contributed by atoms with van der Waals surface area (Å²) in [4.78, 5) is 25.3. The quantitative estimate of drug-likeness (QED) is 0.737. The maximum Gasteiger partial charge on any atom is 0.310 e. The molecule has 0 aromatic heterocycles. The van der Waals surface area contributed by atoms with Crippen molar-refractivity contribution in [3.05, 3.63) is 76.4 Å². The molecule has 160 valence electrons. The first-order valence-electron chi connectivity index (χ1n) is 9.77. The van der Waals surface area contributed by atoms with E-state index in [9.17, 15) is 23.1 Å². The smallest absolute Gasteiger partial charge is 0.310 e. The molecule has 1 heterocycles. The van der Waals surface area contributed by atoms with Gasteiger partial charge >= 0.3 is 5.97 Å². The van der Waals surface area contributed by atoms with E-state index in [4.69, 9.17) is 4.74 Å². The minimum atomic E-state index is -3.36. The van der Waals surface area contributed by atoms with Gasteiger partial charge in [0.1, 0.15) is 6.61 Å². The van der Waals surface area contributed by atoms with Gasteiger partial charge in [-0.1, -0.05) is 36.4 Å². The van der Waals surface area contributed by atoms with Gasteiger partial charge in [-0.15, -0.1) is 0 Å². The number of ether oxygens (including phenoxy) is 1. The molecule has 0 bridgehead atoms. The number of ketones is 1. The number of carbonyl (C=O) groups is 2. The molecular formula is C24H22O6S. The zero-order valence-corrected chi connectivity index (χ0v) is 18.2. The Hall–Kier alpha value is -3.03. The molecule has 7 heteroatoms. The summed E-state index contributed by atoms with van der Waals surface area (Å²) < 4.78 is 28.9. The SMILES string of the molecule is CC(C)(O)c1ccc(C2=C(c3ccc(S(C)(=O)=O)cc3)C3=C(CC(=O)OC3)C2=O)cc1. The predicted molar refractivity (Wildman–Crippen MR) is 116 cm³/mol. The first-order valence-corrected chi connectivity index (χ1v) is 11.7. The average molecular weight is 439 g/mol. The number of hydrogen-bond donors (Lipinski definition) is 1. The Morgan fingerprint density at radius 2 is 1.42 bits per heavy atom. The van der Waals surface area contributed by atoms with Gasteiger partial charge in [0, 0.05) is 28.5 Å². The molecule has 31 heavy (non-hydrogen) atoms. The minimum absolute atomic E-state index is 0.00563. The Balaban J connectivity index is 1.88. The van der Waals surface area contributed by atoms with Gasteiger partial charge in [0.15, 0.2) is 15.6 Å². The summed E-state index contributed by atoms with van der Waals surface area (Å²) in [6.07, 6.45) is 1.04. The number of sulfone groups is 1. The van der Waals surface area contributed by atoms with Crippen molar-refractivity contribution in [2.75, 3.05) is 12.9 Å². The van der Waals surface area contributed by atoms with Crippen molar-refractivity contribution in [1.82, 2.24) is 0 Å². The number of esters is 1. The third-order valence-electron chi connectivity index (χ3n) is 5.57. The van der Waals surface area contributed by atoms with Crippen LogP contribution >= 0.6 is 0 Å². The Morgan fingerprint density at radius 1 is 0.871 bits per heavy atom. The number of Topliss-reactive ketones (excluding diaryl/α,β-unsaturated/α-hetero) is 1. The number of aliphatic hydroxyl groups is 1. The number of benzene rings is 2. The molecule has 0 saturated heterocycles. The maximum absolute atomic E-state index is 13.3. The van der Waals surface area contributed by atoms with Crippen LogP contribution in [-0.2, 0) is 29.8 Å². The van der Waals surface area contributed by atoms with Crippen LogP contribution in [0.4, 0.5) is 0 Å². The topological polar surface area (TPSA) is 97.7 Å². The number of carbonyl (C=O) groups excluding carboxylic acids is 2. The van der Waals surface area contributed by atoms with Gasteiger partial charge in [-0.05, 0) is 42.7 Å². The fourth-order valence-electron chi connectivity index (χ4n) is 3.91. The van der Waals surface area contributed by atoms with Gasteiger partial charge in [-0.2, -0.15) is 0 Å². The third-order valence-corrected chi connectivity index (χ3v) is 6.70. The highest BCUT2D eigenvalue weighted by molar-refractivity contribution is 7.90. The van der Waals surface area contributed by atoms with E-state index >= 15 is 0 Å². The summed E-state index contributed by atoms with van der Waals surface area (Å²) in [6.45, 7) is 3.36. The lowest BCUT2D eigenvalue weighted by Gasteiger charge is -2.18. The van der Waals surface area contributed by atoms with Crippen LogP contribution in [0.3, 0.4) is 0 Å². The summed E-state index contributed by atoms with van der Waals surface area (Å²) in [6, 6.07) is 13.4. The first kappa shape index (κ1) is 21.2. The van der Waals surface area contributed by atoms with Crippen molar-refractivity contribution in [3.63, 3.8) is 0 Å². The molecule has 0 fully saturated rings. The molecule has 0 saturated carbocycles. The molecule has 2 aromatic carbocycles. The van der Waals surface area contributed by atoms with Gasteiger partial charge in [0.05, 0.1) is 16.9 Å². The molecule has 0 atom stereocenters. The lowest BCUT2D eigenvalue weighted by molar-refractivity contribution is -0.143. The fourth-order valence-corrected chi connectivity index (χ4v) is 4.54. The number of allylic oxidation sites excluding steroid dienone is 1. The summed E-state index contributed by atoms with van der Waals surface area (Å²) in [5, 5.41) is 10.2. The monoisotopic (exact) mass is 438 g/mol. The minimum Gasteiger partial charge on any atom is -0.461 e. The Bertz CT molecular complexity index is 1250. The molecule has 0 spiro atoms. The van der Waals surface area contributed by atoms with Crippen molar-refractivity contribution < 1.29 is 27.9 Å². The van der Waals surface area contributed by atoms with Gasteiger partial charge in [0.25, 0.3) is 0 Å². The lowest BCUT2D eigenvalue weighted by Crippen LogP contribution is -2.18. The van der Waals surface area contributed by atoms with E-state index in [1.807, 2.05) is 0 Å². The third kappa shape index (κ3) is 3.86. The van der Waals surface area contributed by atoms with Crippen LogP contribution in [-0.4, -0.2) is 38.1 Å². The van der Waals surface area contributed by atoms with Crippen molar-refractivity contribution in [1.29, 1.82) is 0 Å². The predicted octanol–water partition coefficient (Wildman–Crippen LogP) is 3.05. The van der Waals surface area contributed by atoms with Crippen LogP contribution in [0.5, 0.6) is 0 Å². The summed E-state index contributed by atoms with van der Waals surface area (Å²) in [5.41, 5.74) is 3.17. The van der Waals surface area contributed by atoms with E-state index in [1.54, 1.807) is 50.2 Å². The standard InChI is InChI=1S/C24H22O6S/c1-24(2,27)16-8-4-15(5-9-16)22-21(14-6-10-17(11-7-14)31(3,28)29)19-13-30-20(25)12-18(19)23(22)26/h4-11,27H,12-13H2,1-3H3. The van der Waals surface area contributed by atoms with Crippen LogP contribution in [0.25, 0.3) is 11.1 Å². The summed E-state index contributed by atoms with van der Waals surface area (Å²) >= 11 is 0. The molecule has 0 unspecified atom stereocenters. The largest absolute Gasteiger partial charge is 0.461 e. The molecule has 1 aliphatic carbocycles. The highest BCUT2D eigenvalue weighted by Crippen LogP contribution is 2.44. The highest BCUT2D eigenvalue weighted by atomic mass is 32.2. The van der Waals surface area contributed by atoms with Crippen LogP contribution in [0.2, 0.25) is 0 Å². The van der Waals surface area contributed by atoms with E-state index in [-0.39, 0.29) is 23.7 Å². The van der Waals surface area contributed by atoms with Gasteiger partial charge in [-0.3, -0.25) is 9.59 Å². The van der Waals surface area contributed by atoms with E-state index in [0.717, 1.165) is 6.26 Å². The zero-order valence-electron chi connectivity index (χ0n) is 17.4. The van der Waals surface area contributed by atoms with Crippen molar-refractivity contribution in [3.8, 4) is 0 Å². The molecule has 1 N–H and O–H groups in total. The van der Waals surface area contributed by atoms with Crippen LogP contribution in [0, 0.1) is 0 Å². The van der Waals surface area contributed by atoms with Gasteiger partial charge in [0.2, 0.25) is 0 Å². The van der Waals surface area contributed by atoms with E-state index in [0.29, 0.717) is 39.0 Å². The molecule has 0 radical (unpaired) electrons. The fraction of sp³-hybridized carbons (Fsp3) is 0.250. The van der Waals surface area contributed by atoms with E-state index < -0.39 is 21.4 Å². The molecule has 2 aliphatic rings. The Morgan fingerprint density at radius 3 is 1.97 bits per heavy atom. The molecule has 4 rings (SSSR count). The Labute approximate surface area is 180 Å². The summed E-state index contributed by atoms with van der Waals surface area (Å²) in [7, 11) is -3.36. The Kier molecular flexibility index (Phi) is 4.98. The number of rotatable bonds is 4. The number of cyclic esters (lactones) is 1. The van der Waals surface area contributed by atoms with Gasteiger partial charge in [-0.25, -0.2) is 8.42 Å². The maximum atomic E-state index is 13.3. The first-order chi connectivity index (χ1) is 14.5. The molecule has 0 amide bonds. The summed E-state index contributed by atoms with van der Waals surface area (Å²) in [5.74, 6) is -0.678. The molecular weight excluding hydrogens is 416 g/mol. The lowest BCUT2D eigenvalue weighted by atomic mass is 9.91. The zero-order chi connectivity index (χ0) is 22.6. The van der Waals surface area contributed by atoms with Crippen molar-refractivity contribution in [2.45, 2.75) is 30.8 Å². The molecule has 1 aliphatic heterocycles. The average Bonchev–Trinajstić information content (AvgIpc) is 2.99. The normalized spacial score (nSPS) is 17.2. The second-order valence-electron chi connectivity index (χ2n) is 8.31. The van der Waals surface area contributed by atoms with Crippen molar-refractivity contribution >= 4 is 32.7 Å². The molecule has 6 nitrogen and oxygen atoms in total. The van der Waals surface area contributed by atoms with Crippen LogP contribution in [0.1, 0.15) is 37.0 Å². The van der Waals surface area contributed by atoms with Crippen molar-refractivity contribution in [2.24, 2.45) is 0 Å². The van der Waals surface area contributed by atoms with Crippen LogP contribution in [0.15, 0.2) is 64.6 Å². The second-order valence-corrected chi connectivity index (χ2v) is 10.3. The van der Waals surface area contributed by atoms with Gasteiger partial charge < -0.3 is 9.84 Å².